The molecule has 0 amide bonds. The third-order valence-electron chi connectivity index (χ3n) is 8.11. The Balaban J connectivity index is 0.00000289. The smallest absolute Gasteiger partial charge is 0.217 e. The van der Waals surface area contributed by atoms with Gasteiger partial charge in [-0.15, -0.1) is 17.0 Å². The van der Waals surface area contributed by atoms with Crippen molar-refractivity contribution in [3.8, 4) is 23.2 Å². The fraction of sp³-hybridized carbons (Fsp3) is 0.235. The van der Waals surface area contributed by atoms with Gasteiger partial charge in [-0.3, -0.25) is 0 Å². The Morgan fingerprint density at radius 2 is 1.65 bits per heavy atom. The molecule has 0 spiro atoms. The molecule has 1 aliphatic carbocycles. The number of pyridine rings is 2. The second-order valence-corrected chi connectivity index (χ2v) is 11.0. The number of rotatable bonds is 4. The Kier molecular flexibility index (Phi) is 6.66. The predicted octanol–water partition coefficient (Wildman–Crippen LogP) is 8.52. The molecule has 7 rings (SSSR count). The molecule has 204 valence electrons. The van der Waals surface area contributed by atoms with Gasteiger partial charge in [-0.05, 0) is 91.9 Å². The van der Waals surface area contributed by atoms with Crippen molar-refractivity contribution in [1.82, 2.24) is 14.5 Å². The fourth-order valence-corrected chi connectivity index (χ4v) is 5.85. The van der Waals surface area contributed by atoms with Crippen molar-refractivity contribution >= 4 is 32.7 Å². The van der Waals surface area contributed by atoms with Gasteiger partial charge in [-0.1, -0.05) is 37.1 Å². The first kappa shape index (κ1) is 26.5. The number of ether oxygens (including phenoxy) is 1. The van der Waals surface area contributed by atoms with Crippen LogP contribution in [-0.2, 0) is 21.1 Å². The van der Waals surface area contributed by atoms with E-state index in [1.54, 1.807) is 6.07 Å². The average Bonchev–Trinajstić information content (AvgIpc) is 3.17. The Morgan fingerprint density at radius 3 is 2.40 bits per heavy atom. The number of fused-ring (bicyclic) bond motifs is 4. The van der Waals surface area contributed by atoms with E-state index in [2.05, 4.69) is 58.9 Å². The van der Waals surface area contributed by atoms with Crippen LogP contribution in [0, 0.1) is 33.8 Å². The van der Waals surface area contributed by atoms with E-state index >= 15 is 0 Å². The van der Waals surface area contributed by atoms with Crippen LogP contribution in [0.1, 0.15) is 53.1 Å². The SMILES string of the molecule is Cc1cc(C)nc(-n2c3[c-]c(Oc4ccc5c(C)ccc(O)c5n4)c(C)cc3c3ccc(C4CCC4)cc32)c1.[Pt]. The monoisotopic (exact) mass is 707 g/mol. The quantitative estimate of drug-likeness (QED) is 0.187. The minimum atomic E-state index is 0. The molecule has 3 aromatic heterocycles. The van der Waals surface area contributed by atoms with E-state index in [1.807, 2.05) is 39.0 Å². The summed E-state index contributed by atoms with van der Waals surface area (Å²) in [7, 11) is 0. The van der Waals surface area contributed by atoms with Gasteiger partial charge in [0.1, 0.15) is 17.1 Å². The topological polar surface area (TPSA) is 60.2 Å². The summed E-state index contributed by atoms with van der Waals surface area (Å²) in [4.78, 5) is 9.57. The summed E-state index contributed by atoms with van der Waals surface area (Å²) < 4.78 is 8.56. The first-order valence-corrected chi connectivity index (χ1v) is 13.6. The van der Waals surface area contributed by atoms with Gasteiger partial charge in [0.2, 0.25) is 5.88 Å². The minimum absolute atomic E-state index is 0. The molecule has 0 atom stereocenters. The van der Waals surface area contributed by atoms with Gasteiger partial charge in [-0.2, -0.15) is 6.07 Å². The number of nitrogens with zero attached hydrogens (tertiary/aromatic N) is 3. The van der Waals surface area contributed by atoms with Crippen molar-refractivity contribution in [2.24, 2.45) is 0 Å². The minimum Gasteiger partial charge on any atom is -0.506 e. The molecule has 0 bridgehead atoms. The molecule has 0 aliphatic heterocycles. The average molecular weight is 708 g/mol. The zero-order valence-corrected chi connectivity index (χ0v) is 25.3. The first-order valence-electron chi connectivity index (χ1n) is 13.6. The van der Waals surface area contributed by atoms with Gasteiger partial charge in [0, 0.05) is 49.5 Å². The summed E-state index contributed by atoms with van der Waals surface area (Å²) >= 11 is 0. The van der Waals surface area contributed by atoms with Crippen LogP contribution in [0.4, 0.5) is 0 Å². The molecule has 1 N–H and O–H groups in total. The summed E-state index contributed by atoms with van der Waals surface area (Å²) in [5, 5.41) is 13.6. The molecule has 0 unspecified atom stereocenters. The van der Waals surface area contributed by atoms with Crippen LogP contribution >= 0.6 is 0 Å². The standard InChI is InChI=1S/C34H30N3O2.Pt/c1-19-14-22(4)35-32(15-19)37-28-17-24(23-6-5-7-23)9-10-26(28)27-16-21(3)31(18-29(27)37)39-33-13-11-25-20(2)8-12-30(38)34(25)36-33;/h8-17,23,38H,5-7H2,1-4H3;/q-1;. The normalized spacial score (nSPS) is 13.5. The van der Waals surface area contributed by atoms with Crippen LogP contribution in [0.15, 0.2) is 60.7 Å². The Bertz CT molecular complexity index is 1920. The van der Waals surface area contributed by atoms with Crippen LogP contribution in [0.2, 0.25) is 0 Å². The van der Waals surface area contributed by atoms with Gasteiger partial charge < -0.3 is 14.4 Å². The van der Waals surface area contributed by atoms with Crippen LogP contribution < -0.4 is 4.74 Å². The molecule has 5 nitrogen and oxygen atoms in total. The van der Waals surface area contributed by atoms with Crippen molar-refractivity contribution < 1.29 is 30.9 Å². The number of phenolic OH excluding ortho intramolecular Hbond substituents is 1. The Labute approximate surface area is 248 Å². The number of aromatic nitrogens is 3. The molecule has 6 heteroatoms. The molecule has 3 heterocycles. The summed E-state index contributed by atoms with van der Waals surface area (Å²) in [5.41, 5.74) is 8.16. The van der Waals surface area contributed by atoms with E-state index in [9.17, 15) is 5.11 Å². The summed E-state index contributed by atoms with van der Waals surface area (Å²) in [6.45, 7) is 8.19. The Morgan fingerprint density at radius 1 is 0.850 bits per heavy atom. The van der Waals surface area contributed by atoms with Gasteiger partial charge in [-0.25, -0.2) is 9.97 Å². The van der Waals surface area contributed by atoms with E-state index in [0.717, 1.165) is 44.4 Å². The van der Waals surface area contributed by atoms with Crippen molar-refractivity contribution in [3.63, 3.8) is 0 Å². The molecular formula is C34H30N3O2Pt-. The van der Waals surface area contributed by atoms with Crippen LogP contribution in [-0.4, -0.2) is 19.6 Å². The molecule has 6 aromatic rings. The van der Waals surface area contributed by atoms with Crippen molar-refractivity contribution in [2.45, 2.75) is 52.9 Å². The van der Waals surface area contributed by atoms with Gasteiger partial charge >= 0.3 is 0 Å². The van der Waals surface area contributed by atoms with E-state index in [4.69, 9.17) is 9.72 Å². The van der Waals surface area contributed by atoms with Gasteiger partial charge in [0.05, 0.1) is 0 Å². The molecular weight excluding hydrogens is 677 g/mol. The predicted molar refractivity (Wildman–Crippen MR) is 156 cm³/mol. The summed E-state index contributed by atoms with van der Waals surface area (Å²) in [6, 6.07) is 24.2. The maximum Gasteiger partial charge on any atom is 0.217 e. The van der Waals surface area contributed by atoms with Crippen LogP contribution in [0.25, 0.3) is 38.5 Å². The van der Waals surface area contributed by atoms with E-state index in [1.165, 1.54) is 35.8 Å². The molecule has 1 saturated carbocycles. The Hall–Kier alpha value is -3.69. The largest absolute Gasteiger partial charge is 0.506 e. The number of hydrogen-bond acceptors (Lipinski definition) is 4. The molecule has 0 saturated heterocycles. The van der Waals surface area contributed by atoms with E-state index < -0.39 is 0 Å². The second kappa shape index (κ2) is 10.0. The van der Waals surface area contributed by atoms with E-state index in [0.29, 0.717) is 23.1 Å². The maximum atomic E-state index is 10.4. The maximum absolute atomic E-state index is 10.4. The number of hydrogen-bond donors (Lipinski definition) is 1. The molecule has 0 radical (unpaired) electrons. The first-order chi connectivity index (χ1) is 18.9. The van der Waals surface area contributed by atoms with Crippen molar-refractivity contribution in [2.75, 3.05) is 0 Å². The van der Waals surface area contributed by atoms with Gasteiger partial charge in [0.15, 0.2) is 0 Å². The number of phenols is 1. The number of aromatic hydroxyl groups is 1. The van der Waals surface area contributed by atoms with Crippen LogP contribution in [0.5, 0.6) is 17.4 Å². The fourth-order valence-electron chi connectivity index (χ4n) is 5.85. The molecule has 3 aromatic carbocycles. The second-order valence-electron chi connectivity index (χ2n) is 11.0. The zero-order chi connectivity index (χ0) is 26.8. The van der Waals surface area contributed by atoms with Crippen molar-refractivity contribution in [3.05, 3.63) is 94.7 Å². The molecule has 1 aliphatic rings. The van der Waals surface area contributed by atoms with Crippen LogP contribution in [0.3, 0.4) is 0 Å². The third-order valence-corrected chi connectivity index (χ3v) is 8.11. The number of aryl methyl sites for hydroxylation is 4. The van der Waals surface area contributed by atoms with Gasteiger partial charge in [0.25, 0.3) is 0 Å². The third kappa shape index (κ3) is 4.37. The number of benzene rings is 3. The van der Waals surface area contributed by atoms with Crippen molar-refractivity contribution in [1.29, 1.82) is 0 Å². The summed E-state index contributed by atoms with van der Waals surface area (Å²) in [5.74, 6) is 2.68. The summed E-state index contributed by atoms with van der Waals surface area (Å²) in [6.07, 6.45) is 3.81. The van der Waals surface area contributed by atoms with E-state index in [-0.39, 0.29) is 26.8 Å². The molecule has 1 fully saturated rings. The zero-order valence-electron chi connectivity index (χ0n) is 23.0. The molecule has 40 heavy (non-hydrogen) atoms.